The quantitative estimate of drug-likeness (QED) is 0.317. The fraction of sp³-hybridized carbons (Fsp3) is 0.576. The Hall–Kier alpha value is -2.34. The van der Waals surface area contributed by atoms with Crippen molar-refractivity contribution in [1.82, 2.24) is 9.80 Å². The molecular formula is C33H44N2O3. The summed E-state index contributed by atoms with van der Waals surface area (Å²) in [7, 11) is 0. The highest BCUT2D eigenvalue weighted by atomic mass is 16.5. The topological polar surface area (TPSA) is 56.2 Å². The van der Waals surface area contributed by atoms with Gasteiger partial charge in [0.15, 0.2) is 11.5 Å². The summed E-state index contributed by atoms with van der Waals surface area (Å²) in [5, 5.41) is 23.5. The van der Waals surface area contributed by atoms with E-state index in [0.717, 1.165) is 63.8 Å². The molecule has 5 nitrogen and oxygen atoms in total. The zero-order chi connectivity index (χ0) is 26.3. The van der Waals surface area contributed by atoms with Gasteiger partial charge in [0, 0.05) is 24.2 Å². The average molecular weight is 517 g/mol. The van der Waals surface area contributed by atoms with Crippen molar-refractivity contribution >= 4 is 0 Å². The number of hydrogen-bond donors (Lipinski definition) is 2. The van der Waals surface area contributed by atoms with Gasteiger partial charge >= 0.3 is 0 Å². The van der Waals surface area contributed by atoms with Crippen LogP contribution in [0.25, 0.3) is 0 Å². The van der Waals surface area contributed by atoms with Crippen LogP contribution >= 0.6 is 0 Å². The lowest BCUT2D eigenvalue weighted by Gasteiger charge is -2.64. The third-order valence-corrected chi connectivity index (χ3v) is 10.3. The second kappa shape index (κ2) is 10.3. The smallest absolute Gasteiger partial charge is 0.165 e. The largest absolute Gasteiger partial charge is 0.504 e. The van der Waals surface area contributed by atoms with Crippen LogP contribution in [0.15, 0.2) is 55.1 Å². The maximum atomic E-state index is 12.6. The van der Waals surface area contributed by atoms with Crippen LogP contribution in [-0.2, 0) is 18.3 Å². The normalized spacial score (nSPS) is 31.2. The van der Waals surface area contributed by atoms with Crippen molar-refractivity contribution in [1.29, 1.82) is 0 Å². The summed E-state index contributed by atoms with van der Waals surface area (Å²) >= 11 is 0. The van der Waals surface area contributed by atoms with E-state index in [2.05, 4.69) is 59.7 Å². The zero-order valence-corrected chi connectivity index (χ0v) is 22.9. The summed E-state index contributed by atoms with van der Waals surface area (Å²) in [6, 6.07) is 15.0. The van der Waals surface area contributed by atoms with Gasteiger partial charge < -0.3 is 14.9 Å². The van der Waals surface area contributed by atoms with Crippen LogP contribution in [0.4, 0.5) is 0 Å². The summed E-state index contributed by atoms with van der Waals surface area (Å²) in [4.78, 5) is 5.04. The molecule has 2 aromatic rings. The van der Waals surface area contributed by atoms with Crippen LogP contribution < -0.4 is 4.74 Å². The van der Waals surface area contributed by atoms with E-state index in [4.69, 9.17) is 4.74 Å². The molecule has 2 bridgehead atoms. The molecule has 38 heavy (non-hydrogen) atoms. The first-order valence-electron chi connectivity index (χ1n) is 14.9. The van der Waals surface area contributed by atoms with Crippen LogP contribution in [0.5, 0.6) is 11.5 Å². The predicted molar refractivity (Wildman–Crippen MR) is 152 cm³/mol. The van der Waals surface area contributed by atoms with Gasteiger partial charge in [-0.15, -0.1) is 6.58 Å². The van der Waals surface area contributed by atoms with Gasteiger partial charge in [-0.25, -0.2) is 0 Å². The van der Waals surface area contributed by atoms with Crippen LogP contribution in [0, 0.1) is 0 Å². The molecule has 2 N–H and O–H groups in total. The van der Waals surface area contributed by atoms with Gasteiger partial charge in [0.05, 0.1) is 11.0 Å². The Morgan fingerprint density at radius 1 is 1.11 bits per heavy atom. The Morgan fingerprint density at radius 2 is 1.92 bits per heavy atom. The minimum absolute atomic E-state index is 0.0592. The second-order valence-corrected chi connectivity index (χ2v) is 12.0. The second-order valence-electron chi connectivity index (χ2n) is 12.0. The third-order valence-electron chi connectivity index (χ3n) is 10.3. The zero-order valence-electron chi connectivity index (χ0n) is 22.9. The van der Waals surface area contributed by atoms with Crippen molar-refractivity contribution in [2.75, 3.05) is 26.2 Å². The van der Waals surface area contributed by atoms with E-state index in [9.17, 15) is 10.2 Å². The number of aliphatic hydroxyl groups is 1. The number of unbranched alkanes of at least 4 members (excludes halogenated alkanes) is 3. The lowest BCUT2D eigenvalue weighted by atomic mass is 9.48. The number of likely N-dealkylation sites (tertiary alicyclic amines) is 1. The molecule has 2 aliphatic heterocycles. The number of rotatable bonds is 11. The van der Waals surface area contributed by atoms with E-state index in [1.54, 1.807) is 6.07 Å². The minimum atomic E-state index is -0.849. The molecule has 0 amide bonds. The van der Waals surface area contributed by atoms with E-state index in [-0.39, 0.29) is 23.9 Å². The first-order valence-corrected chi connectivity index (χ1v) is 14.9. The van der Waals surface area contributed by atoms with E-state index >= 15 is 0 Å². The van der Waals surface area contributed by atoms with Crippen molar-refractivity contribution in [3.05, 3.63) is 71.8 Å². The first kappa shape index (κ1) is 25.9. The Balaban J connectivity index is 1.20. The molecule has 0 aromatic heterocycles. The number of likely N-dealkylation sites (N-methyl/N-ethyl adjacent to an activating group) is 1. The van der Waals surface area contributed by atoms with Gasteiger partial charge in [-0.3, -0.25) is 9.80 Å². The number of piperidine rings is 1. The van der Waals surface area contributed by atoms with Crippen molar-refractivity contribution in [2.24, 2.45) is 0 Å². The number of ether oxygens (including phenoxy) is 1. The molecule has 0 unspecified atom stereocenters. The van der Waals surface area contributed by atoms with Gasteiger partial charge in [0.2, 0.25) is 0 Å². The molecule has 2 aliphatic carbocycles. The lowest BCUT2D eigenvalue weighted by Crippen LogP contribution is -2.78. The van der Waals surface area contributed by atoms with E-state index in [1.165, 1.54) is 36.8 Å². The summed E-state index contributed by atoms with van der Waals surface area (Å²) in [5.41, 5.74) is 2.48. The van der Waals surface area contributed by atoms with Gasteiger partial charge in [0.1, 0.15) is 6.10 Å². The molecule has 1 saturated carbocycles. The van der Waals surface area contributed by atoms with Crippen molar-refractivity contribution in [2.45, 2.75) is 93.9 Å². The van der Waals surface area contributed by atoms with Crippen LogP contribution in [-0.4, -0.2) is 70.0 Å². The number of benzene rings is 2. The molecule has 1 spiro atoms. The van der Waals surface area contributed by atoms with Gasteiger partial charge in [-0.05, 0) is 81.8 Å². The number of hydrogen-bond acceptors (Lipinski definition) is 5. The summed E-state index contributed by atoms with van der Waals surface area (Å²) in [6.45, 7) is 10.0. The number of nitrogens with zero attached hydrogens (tertiary/aromatic N) is 2. The standard InChI is InChI=1S/C33H44N2O3/c1-3-20-35-22-19-32-29-25-15-16-27(36)30(29)38-31(32)26(17-18-33(32,37)28(35)23-25)34(4-2)21-11-6-5-8-12-24-13-9-7-10-14-24/h3,7,9-10,13-16,26,28,31,36-37H,1,4-6,8,11-12,17-23H2,2H3/t26-,28+,31-,32-,33+/m0/s1. The molecule has 2 heterocycles. The first-order chi connectivity index (χ1) is 18.5. The SMILES string of the molecule is C=CCN1CC[C@]23c4c5ccc(O)c4O[C@H]2[C@@H](N(CC)CCCCCCc2ccccc2)CC[C@@]3(O)[C@H]1C5. The highest BCUT2D eigenvalue weighted by Gasteiger charge is 2.73. The fourth-order valence-corrected chi connectivity index (χ4v) is 8.56. The summed E-state index contributed by atoms with van der Waals surface area (Å²) < 4.78 is 6.77. The Kier molecular flexibility index (Phi) is 7.04. The molecule has 1 saturated heterocycles. The van der Waals surface area contributed by atoms with Crippen LogP contribution in [0.3, 0.4) is 0 Å². The van der Waals surface area contributed by atoms with Crippen LogP contribution in [0.1, 0.15) is 68.6 Å². The molecule has 2 fully saturated rings. The van der Waals surface area contributed by atoms with Crippen molar-refractivity contribution in [3.8, 4) is 11.5 Å². The van der Waals surface area contributed by atoms with Crippen LogP contribution in [0.2, 0.25) is 0 Å². The van der Waals surface area contributed by atoms with E-state index < -0.39 is 11.0 Å². The summed E-state index contributed by atoms with van der Waals surface area (Å²) in [6.07, 6.45) is 11.3. The molecule has 4 aliphatic rings. The van der Waals surface area contributed by atoms with Gasteiger partial charge in [0.25, 0.3) is 0 Å². The Labute approximate surface area is 228 Å². The van der Waals surface area contributed by atoms with Crippen molar-refractivity contribution in [3.63, 3.8) is 0 Å². The van der Waals surface area contributed by atoms with Crippen molar-refractivity contribution < 1.29 is 14.9 Å². The Morgan fingerprint density at radius 3 is 2.71 bits per heavy atom. The summed E-state index contributed by atoms with van der Waals surface area (Å²) in [5.74, 6) is 0.868. The monoisotopic (exact) mass is 516 g/mol. The highest BCUT2D eigenvalue weighted by Crippen LogP contribution is 2.65. The van der Waals surface area contributed by atoms with E-state index in [1.807, 2.05) is 6.08 Å². The minimum Gasteiger partial charge on any atom is -0.504 e. The Bertz CT molecular complexity index is 1150. The maximum Gasteiger partial charge on any atom is 0.165 e. The molecule has 5 heteroatoms. The predicted octanol–water partition coefficient (Wildman–Crippen LogP) is 5.23. The molecular weight excluding hydrogens is 472 g/mol. The average Bonchev–Trinajstić information content (AvgIpc) is 3.28. The fourth-order valence-electron chi connectivity index (χ4n) is 8.56. The molecule has 5 atom stereocenters. The molecule has 204 valence electrons. The van der Waals surface area contributed by atoms with Gasteiger partial charge in [-0.1, -0.05) is 62.2 Å². The lowest BCUT2D eigenvalue weighted by molar-refractivity contribution is -0.198. The van der Waals surface area contributed by atoms with Gasteiger partial charge in [-0.2, -0.15) is 0 Å². The maximum absolute atomic E-state index is 12.6. The molecule has 0 radical (unpaired) electrons. The number of phenolic OH excluding ortho intramolecular Hbond substituents is 1. The molecule has 6 rings (SSSR count). The highest BCUT2D eigenvalue weighted by molar-refractivity contribution is 5.62. The molecule has 2 aromatic carbocycles. The third kappa shape index (κ3) is 3.92. The van der Waals surface area contributed by atoms with E-state index in [0.29, 0.717) is 5.75 Å². The number of aryl methyl sites for hydroxylation is 1. The number of phenols is 1. The number of aromatic hydroxyl groups is 1.